The topological polar surface area (TPSA) is 58.9 Å². The molecule has 29 heavy (non-hydrogen) atoms. The summed E-state index contributed by atoms with van der Waals surface area (Å²) in [7, 11) is 3.40. The van der Waals surface area contributed by atoms with Gasteiger partial charge in [0.2, 0.25) is 6.79 Å². The Labute approximate surface area is 167 Å². The van der Waals surface area contributed by atoms with E-state index < -0.39 is 0 Å². The predicted octanol–water partition coefficient (Wildman–Crippen LogP) is 4.37. The zero-order chi connectivity index (χ0) is 20.3. The number of ether oxygens (including phenoxy) is 4. The number of aryl methyl sites for hydroxylation is 1. The van der Waals surface area contributed by atoms with Crippen LogP contribution in [0.5, 0.6) is 23.0 Å². The van der Waals surface area contributed by atoms with E-state index in [4.69, 9.17) is 18.9 Å². The van der Waals surface area contributed by atoms with Crippen molar-refractivity contribution in [2.24, 2.45) is 7.05 Å². The summed E-state index contributed by atoms with van der Waals surface area (Å²) in [4.78, 5) is 13.3. The van der Waals surface area contributed by atoms with Crippen LogP contribution in [0.2, 0.25) is 0 Å². The summed E-state index contributed by atoms with van der Waals surface area (Å²) >= 11 is 0. The second-order valence-corrected chi connectivity index (χ2v) is 7.47. The molecule has 0 N–H and O–H groups in total. The van der Waals surface area contributed by atoms with Crippen LogP contribution in [0.4, 0.5) is 0 Å². The third-order valence-electron chi connectivity index (χ3n) is 5.31. The van der Waals surface area contributed by atoms with Crippen molar-refractivity contribution in [3.63, 3.8) is 0 Å². The van der Waals surface area contributed by atoms with Gasteiger partial charge in [0.1, 0.15) is 0 Å². The van der Waals surface area contributed by atoms with E-state index in [-0.39, 0.29) is 18.5 Å². The molecule has 0 unspecified atom stereocenters. The summed E-state index contributed by atoms with van der Waals surface area (Å²) in [6.07, 6.45) is -0.0288. The van der Waals surface area contributed by atoms with Gasteiger partial charge in [0.25, 0.3) is 5.56 Å². The van der Waals surface area contributed by atoms with Gasteiger partial charge < -0.3 is 23.5 Å². The van der Waals surface area contributed by atoms with E-state index in [2.05, 4.69) is 0 Å². The van der Waals surface area contributed by atoms with E-state index in [1.807, 2.05) is 44.2 Å². The molecule has 6 nitrogen and oxygen atoms in total. The molecule has 0 radical (unpaired) electrons. The van der Waals surface area contributed by atoms with Gasteiger partial charge in [-0.2, -0.15) is 0 Å². The van der Waals surface area contributed by atoms with Gasteiger partial charge in [0, 0.05) is 23.2 Å². The molecule has 6 heteroatoms. The molecule has 1 aromatic heterocycles. The molecule has 1 aliphatic rings. The molecule has 5 rings (SSSR count). The lowest BCUT2D eigenvalue weighted by Crippen LogP contribution is -2.18. The van der Waals surface area contributed by atoms with Gasteiger partial charge in [-0.05, 0) is 43.5 Å². The molecule has 0 fully saturated rings. The highest BCUT2D eigenvalue weighted by Crippen LogP contribution is 2.40. The standard InChI is InChI=1S/C23H21NO5/c1-12(2)29-21-10-17-16(9-18(21)26-4)14-6-5-13-7-19-20(28-11-27-19)8-15(13)22(14)24(3)23(17)25/h5-10,12H,11H2,1-4H3. The Hall–Kier alpha value is -3.41. The number of fused-ring (bicyclic) bond motifs is 6. The molecule has 0 atom stereocenters. The largest absolute Gasteiger partial charge is 0.493 e. The van der Waals surface area contributed by atoms with Crippen LogP contribution in [-0.4, -0.2) is 24.6 Å². The Bertz CT molecular complexity index is 1350. The number of nitrogens with zero attached hydrogens (tertiary/aromatic N) is 1. The van der Waals surface area contributed by atoms with Crippen molar-refractivity contribution in [1.82, 2.24) is 4.57 Å². The summed E-state index contributed by atoms with van der Waals surface area (Å²) in [5.74, 6) is 2.58. The number of rotatable bonds is 3. The van der Waals surface area contributed by atoms with E-state index in [1.54, 1.807) is 24.8 Å². The minimum atomic E-state index is -0.0890. The molecule has 148 valence electrons. The number of methoxy groups -OCH3 is 1. The van der Waals surface area contributed by atoms with E-state index in [9.17, 15) is 4.79 Å². The molecule has 0 amide bonds. The highest BCUT2D eigenvalue weighted by atomic mass is 16.7. The highest BCUT2D eigenvalue weighted by Gasteiger charge is 2.19. The van der Waals surface area contributed by atoms with Crippen molar-refractivity contribution in [1.29, 1.82) is 0 Å². The van der Waals surface area contributed by atoms with Crippen LogP contribution in [-0.2, 0) is 7.05 Å². The van der Waals surface area contributed by atoms with Gasteiger partial charge in [-0.15, -0.1) is 0 Å². The number of hydrogen-bond acceptors (Lipinski definition) is 5. The molecule has 0 aliphatic carbocycles. The number of aromatic nitrogens is 1. The predicted molar refractivity (Wildman–Crippen MR) is 113 cm³/mol. The van der Waals surface area contributed by atoms with Crippen LogP contribution in [0, 0.1) is 0 Å². The van der Waals surface area contributed by atoms with Crippen molar-refractivity contribution >= 4 is 32.4 Å². The Kier molecular flexibility index (Phi) is 3.84. The van der Waals surface area contributed by atoms with Gasteiger partial charge in [-0.1, -0.05) is 12.1 Å². The molecular formula is C23H21NO5. The van der Waals surface area contributed by atoms with Gasteiger partial charge in [0.15, 0.2) is 23.0 Å². The van der Waals surface area contributed by atoms with Crippen molar-refractivity contribution in [2.75, 3.05) is 13.9 Å². The normalized spacial score (nSPS) is 13.0. The van der Waals surface area contributed by atoms with Crippen molar-refractivity contribution < 1.29 is 18.9 Å². The first-order valence-corrected chi connectivity index (χ1v) is 9.51. The van der Waals surface area contributed by atoms with Crippen molar-refractivity contribution in [3.05, 3.63) is 46.8 Å². The molecule has 1 aliphatic heterocycles. The molecular weight excluding hydrogens is 370 g/mol. The van der Waals surface area contributed by atoms with E-state index >= 15 is 0 Å². The Morgan fingerprint density at radius 2 is 1.66 bits per heavy atom. The van der Waals surface area contributed by atoms with Crippen LogP contribution in [0.25, 0.3) is 32.4 Å². The average molecular weight is 391 g/mol. The van der Waals surface area contributed by atoms with Crippen molar-refractivity contribution in [3.8, 4) is 23.0 Å². The smallest absolute Gasteiger partial charge is 0.258 e. The Morgan fingerprint density at radius 1 is 0.931 bits per heavy atom. The van der Waals surface area contributed by atoms with Crippen LogP contribution in [0.3, 0.4) is 0 Å². The molecule has 0 spiro atoms. The molecule has 2 heterocycles. The maximum absolute atomic E-state index is 13.3. The summed E-state index contributed by atoms with van der Waals surface area (Å²) in [5, 5.41) is 4.31. The molecule has 0 saturated heterocycles. The minimum Gasteiger partial charge on any atom is -0.493 e. The van der Waals surface area contributed by atoms with Crippen LogP contribution >= 0.6 is 0 Å². The summed E-state index contributed by atoms with van der Waals surface area (Å²) < 4.78 is 24.2. The first-order valence-electron chi connectivity index (χ1n) is 9.51. The maximum atomic E-state index is 13.3. The summed E-state index contributed by atoms with van der Waals surface area (Å²) in [6, 6.07) is 11.6. The van der Waals surface area contributed by atoms with E-state index in [0.29, 0.717) is 22.6 Å². The second-order valence-electron chi connectivity index (χ2n) is 7.47. The van der Waals surface area contributed by atoms with E-state index in [1.165, 1.54) is 0 Å². The minimum absolute atomic E-state index is 0.0288. The highest BCUT2D eigenvalue weighted by molar-refractivity contribution is 6.16. The lowest BCUT2D eigenvalue weighted by atomic mass is 10.00. The van der Waals surface area contributed by atoms with Crippen LogP contribution in [0.15, 0.2) is 41.2 Å². The molecule has 0 bridgehead atoms. The second kappa shape index (κ2) is 6.30. The monoisotopic (exact) mass is 391 g/mol. The molecule has 3 aromatic carbocycles. The van der Waals surface area contributed by atoms with Gasteiger partial charge in [0.05, 0.1) is 24.1 Å². The van der Waals surface area contributed by atoms with Crippen LogP contribution in [0.1, 0.15) is 13.8 Å². The maximum Gasteiger partial charge on any atom is 0.258 e. The quantitative estimate of drug-likeness (QED) is 0.486. The molecule has 4 aromatic rings. The van der Waals surface area contributed by atoms with Crippen LogP contribution < -0.4 is 24.5 Å². The summed E-state index contributed by atoms with van der Waals surface area (Å²) in [5.41, 5.74) is 0.756. The zero-order valence-corrected chi connectivity index (χ0v) is 16.7. The van der Waals surface area contributed by atoms with Gasteiger partial charge in [-0.3, -0.25) is 4.79 Å². The first-order chi connectivity index (χ1) is 14.0. The first kappa shape index (κ1) is 17.7. The summed E-state index contributed by atoms with van der Waals surface area (Å²) in [6.45, 7) is 4.10. The van der Waals surface area contributed by atoms with Crippen molar-refractivity contribution in [2.45, 2.75) is 20.0 Å². The third kappa shape index (κ3) is 2.59. The van der Waals surface area contributed by atoms with E-state index in [0.717, 1.165) is 32.8 Å². The SMILES string of the molecule is COc1cc2c(cc1OC(C)C)c(=O)n(C)c1c3cc4c(cc3ccc21)OCO4. The van der Waals surface area contributed by atoms with Gasteiger partial charge in [-0.25, -0.2) is 0 Å². The Morgan fingerprint density at radius 3 is 2.38 bits per heavy atom. The number of benzene rings is 3. The number of hydrogen-bond donors (Lipinski definition) is 0. The lowest BCUT2D eigenvalue weighted by Gasteiger charge is -2.17. The fraction of sp³-hybridized carbons (Fsp3) is 0.261. The third-order valence-corrected chi connectivity index (χ3v) is 5.31. The average Bonchev–Trinajstić information content (AvgIpc) is 3.16. The lowest BCUT2D eigenvalue weighted by molar-refractivity contribution is 0.174. The Balaban J connectivity index is 1.91. The number of pyridine rings is 1. The zero-order valence-electron chi connectivity index (χ0n) is 16.7. The molecule has 0 saturated carbocycles. The fourth-order valence-corrected chi connectivity index (χ4v) is 4.02. The fourth-order valence-electron chi connectivity index (χ4n) is 4.02. The van der Waals surface area contributed by atoms with Gasteiger partial charge >= 0.3 is 0 Å².